The Morgan fingerprint density at radius 3 is 2.26 bits per heavy atom. The minimum Gasteiger partial charge on any atom is -0.166 e. The van der Waals surface area contributed by atoms with Crippen molar-refractivity contribution >= 4 is 45.8 Å². The van der Waals surface area contributed by atoms with Gasteiger partial charge in [-0.15, -0.1) is 0 Å². The van der Waals surface area contributed by atoms with Crippen molar-refractivity contribution in [2.75, 3.05) is 0 Å². The average Bonchev–Trinajstić information content (AvgIpc) is 2.31. The molecule has 0 aliphatic carbocycles. The van der Waals surface area contributed by atoms with E-state index in [9.17, 15) is 13.2 Å². The lowest BCUT2D eigenvalue weighted by Crippen LogP contribution is -2.08. The van der Waals surface area contributed by atoms with E-state index in [1.54, 1.807) is 46.9 Å². The van der Waals surface area contributed by atoms with Crippen LogP contribution in [0.15, 0.2) is 36.4 Å². The number of alkyl halides is 3. The molecule has 0 bridgehead atoms. The molecule has 0 fully saturated rings. The van der Waals surface area contributed by atoms with Crippen molar-refractivity contribution in [2.24, 2.45) is 0 Å². The highest BCUT2D eigenvalue weighted by molar-refractivity contribution is 14.1. The molecule has 100 valence electrons. The van der Waals surface area contributed by atoms with E-state index < -0.39 is 11.7 Å². The van der Waals surface area contributed by atoms with Gasteiger partial charge in [-0.1, -0.05) is 35.3 Å². The molecule has 19 heavy (non-hydrogen) atoms. The van der Waals surface area contributed by atoms with Gasteiger partial charge < -0.3 is 0 Å². The topological polar surface area (TPSA) is 0 Å². The van der Waals surface area contributed by atoms with Crippen molar-refractivity contribution in [2.45, 2.75) is 6.18 Å². The molecule has 0 heterocycles. The Bertz CT molecular complexity index is 624. The fourth-order valence-corrected chi connectivity index (χ4v) is 3.01. The molecule has 0 N–H and O–H groups in total. The summed E-state index contributed by atoms with van der Waals surface area (Å²) in [6, 6.07) is 8.71. The highest BCUT2D eigenvalue weighted by atomic mass is 127. The number of benzene rings is 2. The summed E-state index contributed by atoms with van der Waals surface area (Å²) in [5.41, 5.74) is 0.231. The normalized spacial score (nSPS) is 11.7. The van der Waals surface area contributed by atoms with Gasteiger partial charge in [-0.2, -0.15) is 13.2 Å². The predicted octanol–water partition coefficient (Wildman–Crippen LogP) is 6.28. The van der Waals surface area contributed by atoms with Crippen LogP contribution < -0.4 is 0 Å². The van der Waals surface area contributed by atoms with Gasteiger partial charge in [0.2, 0.25) is 0 Å². The molecule has 2 rings (SSSR count). The van der Waals surface area contributed by atoms with Crippen LogP contribution in [0, 0.1) is 3.57 Å². The number of hydrogen-bond donors (Lipinski definition) is 0. The van der Waals surface area contributed by atoms with E-state index in [0.29, 0.717) is 21.2 Å². The Hall–Kier alpha value is -0.460. The first-order valence-corrected chi connectivity index (χ1v) is 6.95. The maximum atomic E-state index is 12.9. The van der Waals surface area contributed by atoms with Gasteiger partial charge in [0.1, 0.15) is 0 Å². The van der Waals surface area contributed by atoms with Crippen LogP contribution in [0.5, 0.6) is 0 Å². The lowest BCUT2D eigenvalue weighted by atomic mass is 10.0. The van der Waals surface area contributed by atoms with Crippen molar-refractivity contribution in [1.29, 1.82) is 0 Å². The SMILES string of the molecule is FC(F)(F)c1cccc(-c2cc(Cl)ccc2Cl)c1I. The third-order valence-corrected chi connectivity index (χ3v) is 4.25. The van der Waals surface area contributed by atoms with Gasteiger partial charge in [-0.25, -0.2) is 0 Å². The fraction of sp³-hybridized carbons (Fsp3) is 0.0769. The Morgan fingerprint density at radius 1 is 0.947 bits per heavy atom. The number of hydrogen-bond acceptors (Lipinski definition) is 0. The standard InChI is InChI=1S/C13H6Cl2F3I/c14-7-4-5-11(15)9(6-7)8-2-1-3-10(12(8)19)13(16,17)18/h1-6H. The zero-order valence-electron chi connectivity index (χ0n) is 9.23. The predicted molar refractivity (Wildman–Crippen MR) is 79.6 cm³/mol. The van der Waals surface area contributed by atoms with Gasteiger partial charge in [-0.3, -0.25) is 0 Å². The van der Waals surface area contributed by atoms with Crippen LogP contribution in [0.1, 0.15) is 5.56 Å². The van der Waals surface area contributed by atoms with Crippen molar-refractivity contribution in [3.8, 4) is 11.1 Å². The van der Waals surface area contributed by atoms with Crippen molar-refractivity contribution in [3.05, 3.63) is 55.6 Å². The van der Waals surface area contributed by atoms with Crippen LogP contribution in [0.3, 0.4) is 0 Å². The van der Waals surface area contributed by atoms with Crippen LogP contribution in [-0.2, 0) is 6.18 Å². The molecule has 0 aliphatic rings. The van der Waals surface area contributed by atoms with Crippen molar-refractivity contribution in [1.82, 2.24) is 0 Å². The van der Waals surface area contributed by atoms with Gasteiger partial charge in [0.15, 0.2) is 0 Å². The summed E-state index contributed by atoms with van der Waals surface area (Å²) in [4.78, 5) is 0. The first-order chi connectivity index (χ1) is 8.80. The molecule has 0 saturated heterocycles. The summed E-state index contributed by atoms with van der Waals surface area (Å²) in [7, 11) is 0. The zero-order valence-corrected chi connectivity index (χ0v) is 12.9. The molecule has 0 nitrogen and oxygen atoms in total. The van der Waals surface area contributed by atoms with Crippen molar-refractivity contribution in [3.63, 3.8) is 0 Å². The van der Waals surface area contributed by atoms with E-state index in [1.807, 2.05) is 0 Å². The van der Waals surface area contributed by atoms with E-state index >= 15 is 0 Å². The highest BCUT2D eigenvalue weighted by Gasteiger charge is 2.33. The Morgan fingerprint density at radius 2 is 1.63 bits per heavy atom. The van der Waals surface area contributed by atoms with E-state index in [0.717, 1.165) is 6.07 Å². The molecule has 0 atom stereocenters. The summed E-state index contributed by atoms with van der Waals surface area (Å²) in [5, 5.41) is 0.786. The van der Waals surface area contributed by atoms with Gasteiger partial charge in [-0.05, 0) is 52.4 Å². The molecule has 0 radical (unpaired) electrons. The molecular weight excluding hydrogens is 411 g/mol. The van der Waals surface area contributed by atoms with Crippen LogP contribution in [0.2, 0.25) is 10.0 Å². The smallest absolute Gasteiger partial charge is 0.166 e. The minimum atomic E-state index is -4.39. The largest absolute Gasteiger partial charge is 0.417 e. The number of rotatable bonds is 1. The molecule has 0 unspecified atom stereocenters. The molecule has 0 aromatic heterocycles. The summed E-state index contributed by atoms with van der Waals surface area (Å²) in [6.45, 7) is 0. The monoisotopic (exact) mass is 416 g/mol. The summed E-state index contributed by atoms with van der Waals surface area (Å²) >= 11 is 13.6. The molecule has 0 aliphatic heterocycles. The molecule has 2 aromatic carbocycles. The summed E-state index contributed by atoms with van der Waals surface area (Å²) in [5.74, 6) is 0. The van der Waals surface area contributed by atoms with E-state index in [-0.39, 0.29) is 3.57 Å². The Labute approximate surface area is 131 Å². The van der Waals surface area contributed by atoms with Crippen LogP contribution in [-0.4, -0.2) is 0 Å². The number of halogens is 6. The van der Waals surface area contributed by atoms with Gasteiger partial charge in [0, 0.05) is 19.2 Å². The second-order valence-corrected chi connectivity index (χ2v) is 5.71. The average molecular weight is 417 g/mol. The fourth-order valence-electron chi connectivity index (χ4n) is 1.66. The van der Waals surface area contributed by atoms with E-state index in [4.69, 9.17) is 23.2 Å². The molecule has 0 spiro atoms. The van der Waals surface area contributed by atoms with Crippen LogP contribution >= 0.6 is 45.8 Å². The first kappa shape index (κ1) is 14.9. The zero-order chi connectivity index (χ0) is 14.2. The van der Waals surface area contributed by atoms with Crippen molar-refractivity contribution < 1.29 is 13.2 Å². The lowest BCUT2D eigenvalue weighted by molar-refractivity contribution is -0.138. The molecule has 6 heteroatoms. The molecule has 0 amide bonds. The maximum Gasteiger partial charge on any atom is 0.417 e. The minimum absolute atomic E-state index is 0.108. The summed E-state index contributed by atoms with van der Waals surface area (Å²) < 4.78 is 38.7. The summed E-state index contributed by atoms with van der Waals surface area (Å²) in [6.07, 6.45) is -4.39. The van der Waals surface area contributed by atoms with E-state index in [1.165, 1.54) is 6.07 Å². The highest BCUT2D eigenvalue weighted by Crippen LogP contribution is 2.39. The van der Waals surface area contributed by atoms with Crippen LogP contribution in [0.25, 0.3) is 11.1 Å². The van der Waals surface area contributed by atoms with Gasteiger partial charge in [0.05, 0.1) is 5.56 Å². The van der Waals surface area contributed by atoms with E-state index in [2.05, 4.69) is 0 Å². The molecular formula is C13H6Cl2F3I. The first-order valence-electron chi connectivity index (χ1n) is 5.12. The third-order valence-electron chi connectivity index (χ3n) is 2.52. The third kappa shape index (κ3) is 3.17. The molecule has 0 saturated carbocycles. The molecule has 2 aromatic rings. The van der Waals surface area contributed by atoms with Gasteiger partial charge >= 0.3 is 6.18 Å². The Kier molecular flexibility index (Phi) is 4.32. The maximum absolute atomic E-state index is 12.9. The van der Waals surface area contributed by atoms with Gasteiger partial charge in [0.25, 0.3) is 0 Å². The second-order valence-electron chi connectivity index (χ2n) is 3.79. The van der Waals surface area contributed by atoms with Crippen LogP contribution in [0.4, 0.5) is 13.2 Å². The second kappa shape index (κ2) is 5.50. The lowest BCUT2D eigenvalue weighted by Gasteiger charge is -2.14. The quantitative estimate of drug-likeness (QED) is 0.479. The Balaban J connectivity index is 2.67.